The molecule has 108 valence electrons. The molecule has 2 rings (SSSR count). The maximum atomic E-state index is 12.1. The Morgan fingerprint density at radius 1 is 1.45 bits per heavy atom. The van der Waals surface area contributed by atoms with Crippen molar-refractivity contribution in [3.05, 3.63) is 10.4 Å². The first-order valence-corrected chi connectivity index (χ1v) is 7.24. The molecule has 7 heteroatoms. The van der Waals surface area contributed by atoms with E-state index >= 15 is 0 Å². The first-order valence-electron chi connectivity index (χ1n) is 6.43. The van der Waals surface area contributed by atoms with Crippen LogP contribution in [0, 0.1) is 11.3 Å². The molecule has 1 saturated heterocycles. The predicted molar refractivity (Wildman–Crippen MR) is 79.1 cm³/mol. The zero-order valence-corrected chi connectivity index (χ0v) is 12.5. The average molecular weight is 294 g/mol. The second-order valence-electron chi connectivity index (χ2n) is 4.79. The van der Waals surface area contributed by atoms with Crippen LogP contribution in [0.3, 0.4) is 0 Å². The number of nitrogen functional groups attached to an aromatic ring is 1. The molecule has 1 aliphatic rings. The minimum atomic E-state index is -0.165. The SMILES string of the molecule is CN(C)C(=O)c1sc(N2CCCOCC2)c(C#N)c1N. The number of nitrogens with two attached hydrogens (primary N) is 1. The number of hydrogen-bond donors (Lipinski definition) is 1. The molecular formula is C13H18N4O2S. The predicted octanol–water partition coefficient (Wildman–Crippen LogP) is 1.13. The number of thiophene rings is 1. The van der Waals surface area contributed by atoms with Crippen LogP contribution in [0.25, 0.3) is 0 Å². The summed E-state index contributed by atoms with van der Waals surface area (Å²) < 4.78 is 5.42. The fourth-order valence-electron chi connectivity index (χ4n) is 2.07. The summed E-state index contributed by atoms with van der Waals surface area (Å²) in [6, 6.07) is 2.13. The van der Waals surface area contributed by atoms with Gasteiger partial charge in [0.15, 0.2) is 0 Å². The zero-order valence-electron chi connectivity index (χ0n) is 11.7. The molecule has 0 aromatic carbocycles. The van der Waals surface area contributed by atoms with Gasteiger partial charge in [0.25, 0.3) is 5.91 Å². The van der Waals surface area contributed by atoms with Gasteiger partial charge in [0.2, 0.25) is 0 Å². The summed E-state index contributed by atoms with van der Waals surface area (Å²) in [7, 11) is 3.35. The van der Waals surface area contributed by atoms with Gasteiger partial charge in [0.1, 0.15) is 21.5 Å². The maximum Gasteiger partial charge on any atom is 0.265 e. The smallest absolute Gasteiger partial charge is 0.265 e. The molecule has 0 unspecified atom stereocenters. The van der Waals surface area contributed by atoms with Crippen molar-refractivity contribution in [2.75, 3.05) is 51.0 Å². The average Bonchev–Trinajstić information content (AvgIpc) is 2.62. The maximum absolute atomic E-state index is 12.1. The van der Waals surface area contributed by atoms with Gasteiger partial charge in [-0.3, -0.25) is 4.79 Å². The summed E-state index contributed by atoms with van der Waals surface area (Å²) >= 11 is 1.29. The van der Waals surface area contributed by atoms with Gasteiger partial charge >= 0.3 is 0 Å². The number of hydrogen-bond acceptors (Lipinski definition) is 6. The Kier molecular flexibility index (Phi) is 4.47. The van der Waals surface area contributed by atoms with E-state index in [2.05, 4.69) is 11.0 Å². The highest BCUT2D eigenvalue weighted by Crippen LogP contribution is 2.38. The molecule has 20 heavy (non-hydrogen) atoms. The molecule has 1 aromatic heterocycles. The summed E-state index contributed by atoms with van der Waals surface area (Å²) in [5.41, 5.74) is 6.67. The number of rotatable bonds is 2. The minimum absolute atomic E-state index is 0.165. The molecule has 0 radical (unpaired) electrons. The van der Waals surface area contributed by atoms with Crippen molar-refractivity contribution in [2.24, 2.45) is 0 Å². The lowest BCUT2D eigenvalue weighted by Crippen LogP contribution is -2.25. The van der Waals surface area contributed by atoms with Crippen LogP contribution in [0.4, 0.5) is 10.7 Å². The fourth-order valence-corrected chi connectivity index (χ4v) is 3.32. The number of carbonyl (C=O) groups excluding carboxylic acids is 1. The largest absolute Gasteiger partial charge is 0.396 e. The van der Waals surface area contributed by atoms with Crippen LogP contribution in [0.5, 0.6) is 0 Å². The molecule has 0 bridgehead atoms. The molecule has 0 spiro atoms. The van der Waals surface area contributed by atoms with Crippen molar-refractivity contribution in [3.63, 3.8) is 0 Å². The van der Waals surface area contributed by atoms with Crippen LogP contribution >= 0.6 is 11.3 Å². The van der Waals surface area contributed by atoms with Crippen molar-refractivity contribution in [3.8, 4) is 6.07 Å². The van der Waals surface area contributed by atoms with E-state index in [1.54, 1.807) is 14.1 Å². The lowest BCUT2D eigenvalue weighted by molar-refractivity contribution is 0.0833. The number of nitrogens with zero attached hydrogens (tertiary/aromatic N) is 3. The Balaban J connectivity index is 2.40. The summed E-state index contributed by atoms with van der Waals surface area (Å²) in [6.07, 6.45) is 0.902. The van der Waals surface area contributed by atoms with Gasteiger partial charge in [0, 0.05) is 33.8 Å². The lowest BCUT2D eigenvalue weighted by Gasteiger charge is -2.20. The Labute approximate surface area is 122 Å². The number of amides is 1. The quantitative estimate of drug-likeness (QED) is 0.884. The van der Waals surface area contributed by atoms with Crippen molar-refractivity contribution in [1.82, 2.24) is 4.90 Å². The second kappa shape index (κ2) is 6.11. The molecule has 1 fully saturated rings. The van der Waals surface area contributed by atoms with E-state index in [0.29, 0.717) is 23.6 Å². The highest BCUT2D eigenvalue weighted by molar-refractivity contribution is 7.19. The number of carbonyl (C=O) groups is 1. The summed E-state index contributed by atoms with van der Waals surface area (Å²) in [5.74, 6) is -0.165. The van der Waals surface area contributed by atoms with E-state index in [-0.39, 0.29) is 11.6 Å². The standard InChI is InChI=1S/C13H18N4O2S/c1-16(2)12(18)11-10(15)9(8-14)13(20-11)17-4-3-6-19-7-5-17/h3-7,15H2,1-2H3. The molecule has 0 atom stereocenters. The van der Waals surface area contributed by atoms with Crippen LogP contribution in [0.2, 0.25) is 0 Å². The van der Waals surface area contributed by atoms with Gasteiger partial charge < -0.3 is 20.3 Å². The third kappa shape index (κ3) is 2.71. The monoisotopic (exact) mass is 294 g/mol. The van der Waals surface area contributed by atoms with Gasteiger partial charge in [-0.25, -0.2) is 0 Å². The Bertz CT molecular complexity index is 539. The van der Waals surface area contributed by atoms with Crippen LogP contribution < -0.4 is 10.6 Å². The van der Waals surface area contributed by atoms with Gasteiger partial charge in [-0.1, -0.05) is 0 Å². The molecule has 6 nitrogen and oxygen atoms in total. The lowest BCUT2D eigenvalue weighted by atomic mass is 10.2. The third-order valence-corrected chi connectivity index (χ3v) is 4.40. The normalized spacial score (nSPS) is 15.6. The Morgan fingerprint density at radius 3 is 2.85 bits per heavy atom. The van der Waals surface area contributed by atoms with Crippen molar-refractivity contribution in [1.29, 1.82) is 5.26 Å². The van der Waals surface area contributed by atoms with E-state index < -0.39 is 0 Å². The molecule has 1 aliphatic heterocycles. The van der Waals surface area contributed by atoms with Crippen molar-refractivity contribution >= 4 is 27.9 Å². The van der Waals surface area contributed by atoms with E-state index in [1.807, 2.05) is 0 Å². The van der Waals surface area contributed by atoms with E-state index in [4.69, 9.17) is 10.5 Å². The van der Waals surface area contributed by atoms with Crippen LogP contribution in [0.1, 0.15) is 21.7 Å². The van der Waals surface area contributed by atoms with Crippen molar-refractivity contribution < 1.29 is 9.53 Å². The first kappa shape index (κ1) is 14.6. The van der Waals surface area contributed by atoms with Gasteiger partial charge in [-0.15, -0.1) is 11.3 Å². The van der Waals surface area contributed by atoms with E-state index in [0.717, 1.165) is 24.6 Å². The molecule has 1 amide bonds. The summed E-state index contributed by atoms with van der Waals surface area (Å²) in [5, 5.41) is 10.1. The van der Waals surface area contributed by atoms with E-state index in [1.165, 1.54) is 16.2 Å². The number of anilines is 2. The van der Waals surface area contributed by atoms with Crippen LogP contribution in [-0.4, -0.2) is 51.2 Å². The Morgan fingerprint density at radius 2 is 2.20 bits per heavy atom. The van der Waals surface area contributed by atoms with Crippen LogP contribution in [-0.2, 0) is 4.74 Å². The molecular weight excluding hydrogens is 276 g/mol. The molecule has 2 N–H and O–H groups in total. The summed E-state index contributed by atoms with van der Waals surface area (Å²) in [4.78, 5) is 16.1. The van der Waals surface area contributed by atoms with Crippen molar-refractivity contribution in [2.45, 2.75) is 6.42 Å². The number of ether oxygens (including phenoxy) is 1. The zero-order chi connectivity index (χ0) is 14.7. The Hall–Kier alpha value is -1.78. The first-order chi connectivity index (χ1) is 9.56. The molecule has 0 saturated carbocycles. The van der Waals surface area contributed by atoms with Gasteiger partial charge in [0.05, 0.1) is 12.3 Å². The molecule has 0 aliphatic carbocycles. The summed E-state index contributed by atoms with van der Waals surface area (Å²) in [6.45, 7) is 2.87. The topological polar surface area (TPSA) is 82.6 Å². The number of nitriles is 1. The molecule has 1 aromatic rings. The third-order valence-electron chi connectivity index (χ3n) is 3.15. The van der Waals surface area contributed by atoms with Gasteiger partial charge in [-0.05, 0) is 6.42 Å². The second-order valence-corrected chi connectivity index (χ2v) is 5.79. The highest BCUT2D eigenvalue weighted by atomic mass is 32.1. The minimum Gasteiger partial charge on any atom is -0.396 e. The van der Waals surface area contributed by atoms with Gasteiger partial charge in [-0.2, -0.15) is 5.26 Å². The molecule has 2 heterocycles. The fraction of sp³-hybridized carbons (Fsp3) is 0.538. The highest BCUT2D eigenvalue weighted by Gasteiger charge is 2.25. The van der Waals surface area contributed by atoms with E-state index in [9.17, 15) is 10.1 Å². The van der Waals surface area contributed by atoms with Crippen LogP contribution in [0.15, 0.2) is 0 Å².